The third kappa shape index (κ3) is 5.76. The van der Waals surface area contributed by atoms with Crippen molar-refractivity contribution < 1.29 is 14.4 Å². The standard InChI is InChI=1S/C22H26N4O3S/c1-15-7-8-17(16(2)13-15)23-14-21(28)25-24-20(27)9-10-22(29)26-11-12-30-19-6-4-3-5-18(19)26/h3-8,13,23H,9-12,14H2,1-2H3,(H,24,27)(H,25,28). The number of hydrogen-bond donors (Lipinski definition) is 3. The van der Waals surface area contributed by atoms with Crippen LogP contribution in [0.15, 0.2) is 47.4 Å². The van der Waals surface area contributed by atoms with E-state index in [0.717, 1.165) is 33.2 Å². The molecular weight excluding hydrogens is 400 g/mol. The quantitative estimate of drug-likeness (QED) is 0.618. The number of thioether (sulfide) groups is 1. The van der Waals surface area contributed by atoms with Crippen LogP contribution in [0.4, 0.5) is 11.4 Å². The molecule has 3 rings (SSSR count). The van der Waals surface area contributed by atoms with E-state index in [1.165, 1.54) is 0 Å². The molecular formula is C22H26N4O3S. The number of anilines is 2. The van der Waals surface area contributed by atoms with Crippen LogP contribution in [0.2, 0.25) is 0 Å². The highest BCUT2D eigenvalue weighted by atomic mass is 32.2. The van der Waals surface area contributed by atoms with Crippen molar-refractivity contribution >= 4 is 40.9 Å². The van der Waals surface area contributed by atoms with E-state index in [0.29, 0.717) is 6.54 Å². The van der Waals surface area contributed by atoms with Crippen molar-refractivity contribution in [2.45, 2.75) is 31.6 Å². The van der Waals surface area contributed by atoms with Gasteiger partial charge in [-0.15, -0.1) is 11.8 Å². The van der Waals surface area contributed by atoms with Crippen LogP contribution in [-0.4, -0.2) is 36.6 Å². The van der Waals surface area contributed by atoms with E-state index in [1.807, 2.05) is 56.3 Å². The summed E-state index contributed by atoms with van der Waals surface area (Å²) in [6, 6.07) is 13.7. The SMILES string of the molecule is Cc1ccc(NCC(=O)NNC(=O)CCC(=O)N2CCSc3ccccc32)c(C)c1. The Morgan fingerprint density at radius 3 is 2.57 bits per heavy atom. The first kappa shape index (κ1) is 21.7. The fourth-order valence-corrected chi connectivity index (χ4v) is 4.21. The molecule has 158 valence electrons. The van der Waals surface area contributed by atoms with Gasteiger partial charge in [0, 0.05) is 35.7 Å². The summed E-state index contributed by atoms with van der Waals surface area (Å²) in [4.78, 5) is 39.3. The zero-order valence-electron chi connectivity index (χ0n) is 17.2. The maximum absolute atomic E-state index is 12.6. The Kier molecular flexibility index (Phi) is 7.35. The highest BCUT2D eigenvalue weighted by Crippen LogP contribution is 2.34. The van der Waals surface area contributed by atoms with E-state index in [1.54, 1.807) is 16.7 Å². The van der Waals surface area contributed by atoms with Gasteiger partial charge in [-0.25, -0.2) is 0 Å². The molecule has 0 spiro atoms. The molecule has 0 aliphatic carbocycles. The van der Waals surface area contributed by atoms with E-state index in [-0.39, 0.29) is 31.2 Å². The molecule has 1 aliphatic heterocycles. The summed E-state index contributed by atoms with van der Waals surface area (Å²) >= 11 is 1.72. The van der Waals surface area contributed by atoms with E-state index in [2.05, 4.69) is 16.2 Å². The molecule has 3 N–H and O–H groups in total. The number of aryl methyl sites for hydroxylation is 2. The number of carbonyl (C=O) groups excluding carboxylic acids is 3. The maximum atomic E-state index is 12.6. The Hall–Kier alpha value is -3.00. The zero-order chi connectivity index (χ0) is 21.5. The molecule has 0 radical (unpaired) electrons. The molecule has 8 heteroatoms. The van der Waals surface area contributed by atoms with E-state index in [4.69, 9.17) is 0 Å². The second kappa shape index (κ2) is 10.2. The van der Waals surface area contributed by atoms with Gasteiger partial charge in [0.05, 0.1) is 12.2 Å². The van der Waals surface area contributed by atoms with Gasteiger partial charge in [-0.1, -0.05) is 29.8 Å². The van der Waals surface area contributed by atoms with Gasteiger partial charge in [0.25, 0.3) is 5.91 Å². The summed E-state index contributed by atoms with van der Waals surface area (Å²) < 4.78 is 0. The lowest BCUT2D eigenvalue weighted by molar-refractivity contribution is -0.129. The first-order valence-electron chi connectivity index (χ1n) is 9.85. The molecule has 0 bridgehead atoms. The van der Waals surface area contributed by atoms with Crippen molar-refractivity contribution in [3.05, 3.63) is 53.6 Å². The summed E-state index contributed by atoms with van der Waals surface area (Å²) in [5.74, 6) is -0.0291. The Labute approximate surface area is 180 Å². The van der Waals surface area contributed by atoms with Crippen LogP contribution in [0.3, 0.4) is 0 Å². The van der Waals surface area contributed by atoms with E-state index < -0.39 is 5.91 Å². The van der Waals surface area contributed by atoms with Crippen LogP contribution >= 0.6 is 11.8 Å². The fourth-order valence-electron chi connectivity index (χ4n) is 3.22. The van der Waals surface area contributed by atoms with Gasteiger partial charge in [-0.3, -0.25) is 25.2 Å². The van der Waals surface area contributed by atoms with Crippen LogP contribution in [0, 0.1) is 13.8 Å². The number of hydrazine groups is 1. The molecule has 0 atom stereocenters. The first-order valence-corrected chi connectivity index (χ1v) is 10.8. The molecule has 3 amide bonds. The van der Waals surface area contributed by atoms with Crippen LogP contribution in [0.1, 0.15) is 24.0 Å². The summed E-state index contributed by atoms with van der Waals surface area (Å²) in [6.45, 7) is 4.63. The number of hydrogen-bond acceptors (Lipinski definition) is 5. The first-order chi connectivity index (χ1) is 14.4. The molecule has 1 heterocycles. The van der Waals surface area contributed by atoms with Crippen molar-refractivity contribution in [3.8, 4) is 0 Å². The monoisotopic (exact) mass is 426 g/mol. The number of nitrogens with zero attached hydrogens (tertiary/aromatic N) is 1. The van der Waals surface area contributed by atoms with Crippen molar-refractivity contribution in [3.63, 3.8) is 0 Å². The molecule has 0 saturated heterocycles. The predicted molar refractivity (Wildman–Crippen MR) is 119 cm³/mol. The van der Waals surface area contributed by atoms with Crippen molar-refractivity contribution in [2.75, 3.05) is 29.1 Å². The largest absolute Gasteiger partial charge is 0.376 e. The fraction of sp³-hybridized carbons (Fsp3) is 0.318. The smallest absolute Gasteiger partial charge is 0.257 e. The molecule has 1 aliphatic rings. The van der Waals surface area contributed by atoms with E-state index in [9.17, 15) is 14.4 Å². The molecule has 0 aromatic heterocycles. The molecule has 2 aromatic rings. The number of fused-ring (bicyclic) bond motifs is 1. The minimum Gasteiger partial charge on any atom is -0.376 e. The van der Waals surface area contributed by atoms with Crippen molar-refractivity contribution in [1.29, 1.82) is 0 Å². The van der Waals surface area contributed by atoms with E-state index >= 15 is 0 Å². The lowest BCUT2D eigenvalue weighted by Crippen LogP contribution is -2.44. The molecule has 0 fully saturated rings. The average molecular weight is 427 g/mol. The molecule has 0 saturated carbocycles. The second-order valence-electron chi connectivity index (χ2n) is 7.13. The number of nitrogens with one attached hydrogen (secondary N) is 3. The molecule has 30 heavy (non-hydrogen) atoms. The Morgan fingerprint density at radius 1 is 1.00 bits per heavy atom. The summed E-state index contributed by atoms with van der Waals surface area (Å²) in [5.41, 5.74) is 8.70. The summed E-state index contributed by atoms with van der Waals surface area (Å²) in [5, 5.41) is 3.04. The summed E-state index contributed by atoms with van der Waals surface area (Å²) in [6.07, 6.45) is 0.0942. The van der Waals surface area contributed by atoms with Gasteiger partial charge >= 0.3 is 0 Å². The van der Waals surface area contributed by atoms with Crippen LogP contribution in [0.5, 0.6) is 0 Å². The molecule has 2 aromatic carbocycles. The van der Waals surface area contributed by atoms with Crippen LogP contribution in [-0.2, 0) is 14.4 Å². The van der Waals surface area contributed by atoms with Gasteiger partial charge in [0.15, 0.2) is 0 Å². The second-order valence-corrected chi connectivity index (χ2v) is 8.27. The predicted octanol–water partition coefficient (Wildman–Crippen LogP) is 2.78. The van der Waals surface area contributed by atoms with Gasteiger partial charge in [0.2, 0.25) is 11.8 Å². The maximum Gasteiger partial charge on any atom is 0.257 e. The van der Waals surface area contributed by atoms with Gasteiger partial charge in [0.1, 0.15) is 0 Å². The summed E-state index contributed by atoms with van der Waals surface area (Å²) in [7, 11) is 0. The number of benzene rings is 2. The topological polar surface area (TPSA) is 90.5 Å². The average Bonchev–Trinajstić information content (AvgIpc) is 2.75. The highest BCUT2D eigenvalue weighted by Gasteiger charge is 2.22. The lowest BCUT2D eigenvalue weighted by Gasteiger charge is -2.29. The minimum atomic E-state index is -0.400. The minimum absolute atomic E-state index is 0.00935. The number of amides is 3. The normalized spacial score (nSPS) is 12.7. The molecule has 0 unspecified atom stereocenters. The molecule has 7 nitrogen and oxygen atoms in total. The Bertz CT molecular complexity index is 948. The number of carbonyl (C=O) groups is 3. The number of rotatable bonds is 6. The van der Waals surface area contributed by atoms with Crippen LogP contribution in [0.25, 0.3) is 0 Å². The third-order valence-electron chi connectivity index (χ3n) is 4.76. The third-order valence-corrected chi connectivity index (χ3v) is 5.80. The highest BCUT2D eigenvalue weighted by molar-refractivity contribution is 7.99. The number of para-hydroxylation sites is 1. The lowest BCUT2D eigenvalue weighted by atomic mass is 10.1. The van der Waals surface area contributed by atoms with Gasteiger partial charge < -0.3 is 10.2 Å². The van der Waals surface area contributed by atoms with Crippen molar-refractivity contribution in [1.82, 2.24) is 10.9 Å². The zero-order valence-corrected chi connectivity index (χ0v) is 18.0. The Morgan fingerprint density at radius 2 is 1.77 bits per heavy atom. The van der Waals surface area contributed by atoms with Crippen molar-refractivity contribution in [2.24, 2.45) is 0 Å². The van der Waals surface area contributed by atoms with Crippen LogP contribution < -0.4 is 21.1 Å². The Balaban J connectivity index is 1.39. The van der Waals surface area contributed by atoms with Gasteiger partial charge in [-0.2, -0.15) is 0 Å². The van der Waals surface area contributed by atoms with Gasteiger partial charge in [-0.05, 0) is 37.6 Å².